The number of nitrogens with zero attached hydrogens (tertiary/aromatic N) is 1. The van der Waals surface area contributed by atoms with Crippen LogP contribution in [0.5, 0.6) is 0 Å². The summed E-state index contributed by atoms with van der Waals surface area (Å²) in [6.07, 6.45) is -4.72. The molecule has 1 aliphatic rings. The van der Waals surface area contributed by atoms with E-state index in [0.29, 0.717) is 18.5 Å². The van der Waals surface area contributed by atoms with Gasteiger partial charge in [-0.3, -0.25) is 4.90 Å². The SMILES string of the molecule is COC1CN(C[C@H](O)c2ccc(C(F)(F)F)cc2)C(C)(CO)C1. The van der Waals surface area contributed by atoms with Crippen LogP contribution in [0.2, 0.25) is 0 Å². The molecule has 0 amide bonds. The molecule has 23 heavy (non-hydrogen) atoms. The van der Waals surface area contributed by atoms with E-state index in [1.165, 1.54) is 12.1 Å². The van der Waals surface area contributed by atoms with Crippen LogP contribution in [0.25, 0.3) is 0 Å². The molecule has 0 spiro atoms. The van der Waals surface area contributed by atoms with Crippen molar-refractivity contribution in [2.75, 3.05) is 26.8 Å². The van der Waals surface area contributed by atoms with Crippen molar-refractivity contribution in [1.29, 1.82) is 0 Å². The molecule has 1 aliphatic heterocycles. The average molecular weight is 333 g/mol. The summed E-state index contributed by atoms with van der Waals surface area (Å²) < 4.78 is 43.0. The lowest BCUT2D eigenvalue weighted by atomic mass is 9.98. The Hall–Kier alpha value is -1.15. The third kappa shape index (κ3) is 4.03. The third-order valence-corrected chi connectivity index (χ3v) is 4.54. The van der Waals surface area contributed by atoms with Gasteiger partial charge in [-0.2, -0.15) is 13.2 Å². The van der Waals surface area contributed by atoms with Crippen molar-refractivity contribution in [3.8, 4) is 0 Å². The first kappa shape index (κ1) is 18.2. The van der Waals surface area contributed by atoms with Crippen LogP contribution in [0.4, 0.5) is 13.2 Å². The zero-order chi connectivity index (χ0) is 17.3. The number of aliphatic hydroxyl groups excluding tert-OH is 2. The van der Waals surface area contributed by atoms with E-state index in [4.69, 9.17) is 4.74 Å². The first-order valence-corrected chi connectivity index (χ1v) is 7.43. The number of ether oxygens (including phenoxy) is 1. The largest absolute Gasteiger partial charge is 0.416 e. The Balaban J connectivity index is 2.07. The Morgan fingerprint density at radius 3 is 2.43 bits per heavy atom. The third-order valence-electron chi connectivity index (χ3n) is 4.54. The maximum atomic E-state index is 12.6. The van der Waals surface area contributed by atoms with Crippen molar-refractivity contribution in [1.82, 2.24) is 4.90 Å². The summed E-state index contributed by atoms with van der Waals surface area (Å²) in [5, 5.41) is 19.9. The highest BCUT2D eigenvalue weighted by molar-refractivity contribution is 5.26. The van der Waals surface area contributed by atoms with Crippen LogP contribution in [0.15, 0.2) is 24.3 Å². The summed E-state index contributed by atoms with van der Waals surface area (Å²) in [5.41, 5.74) is -0.832. The minimum Gasteiger partial charge on any atom is -0.394 e. The number of alkyl halides is 3. The van der Waals surface area contributed by atoms with E-state index in [1.54, 1.807) is 7.11 Å². The highest BCUT2D eigenvalue weighted by atomic mass is 19.4. The summed E-state index contributed by atoms with van der Waals surface area (Å²) in [7, 11) is 1.60. The summed E-state index contributed by atoms with van der Waals surface area (Å²) >= 11 is 0. The number of β-amino-alcohol motifs (C(OH)–C–C–N with tert-alkyl or cyclic N) is 1. The van der Waals surface area contributed by atoms with Crippen molar-refractivity contribution in [3.63, 3.8) is 0 Å². The first-order valence-electron chi connectivity index (χ1n) is 7.43. The van der Waals surface area contributed by atoms with Crippen molar-refractivity contribution in [2.24, 2.45) is 0 Å². The topological polar surface area (TPSA) is 52.9 Å². The van der Waals surface area contributed by atoms with Crippen molar-refractivity contribution in [2.45, 2.75) is 37.3 Å². The molecule has 1 aromatic carbocycles. The van der Waals surface area contributed by atoms with Crippen LogP contribution in [-0.4, -0.2) is 53.6 Å². The van der Waals surface area contributed by atoms with Crippen molar-refractivity contribution in [3.05, 3.63) is 35.4 Å². The number of benzene rings is 1. The van der Waals surface area contributed by atoms with Gasteiger partial charge in [0.2, 0.25) is 0 Å². The zero-order valence-corrected chi connectivity index (χ0v) is 13.2. The lowest BCUT2D eigenvalue weighted by Gasteiger charge is -2.34. The number of methoxy groups -OCH3 is 1. The highest BCUT2D eigenvalue weighted by Gasteiger charge is 2.42. The molecular weight excluding hydrogens is 311 g/mol. The summed E-state index contributed by atoms with van der Waals surface area (Å²) in [6.45, 7) is 2.59. The van der Waals surface area contributed by atoms with Gasteiger partial charge in [0, 0.05) is 25.7 Å². The van der Waals surface area contributed by atoms with Gasteiger partial charge in [0.05, 0.1) is 24.4 Å². The minimum atomic E-state index is -4.39. The number of aliphatic hydroxyl groups is 2. The highest BCUT2D eigenvalue weighted by Crippen LogP contribution is 2.33. The first-order chi connectivity index (χ1) is 10.7. The zero-order valence-electron chi connectivity index (χ0n) is 13.2. The Bertz CT molecular complexity index is 520. The van der Waals surface area contributed by atoms with E-state index in [1.807, 2.05) is 11.8 Å². The van der Waals surface area contributed by atoms with Gasteiger partial charge in [-0.05, 0) is 31.0 Å². The van der Waals surface area contributed by atoms with Gasteiger partial charge in [0.15, 0.2) is 0 Å². The fraction of sp³-hybridized carbons (Fsp3) is 0.625. The lowest BCUT2D eigenvalue weighted by Crippen LogP contribution is -2.46. The molecule has 0 bridgehead atoms. The molecule has 2 rings (SSSR count). The maximum Gasteiger partial charge on any atom is 0.416 e. The lowest BCUT2D eigenvalue weighted by molar-refractivity contribution is -0.137. The summed E-state index contributed by atoms with van der Waals surface area (Å²) in [4.78, 5) is 1.92. The van der Waals surface area contributed by atoms with E-state index in [2.05, 4.69) is 0 Å². The summed E-state index contributed by atoms with van der Waals surface area (Å²) in [6, 6.07) is 4.50. The fourth-order valence-electron chi connectivity index (χ4n) is 2.98. The Morgan fingerprint density at radius 1 is 1.35 bits per heavy atom. The Kier molecular flexibility index (Phi) is 5.35. The number of rotatable bonds is 5. The van der Waals surface area contributed by atoms with Gasteiger partial charge in [-0.25, -0.2) is 0 Å². The molecule has 2 N–H and O–H groups in total. The molecule has 1 aromatic rings. The van der Waals surface area contributed by atoms with Gasteiger partial charge in [-0.15, -0.1) is 0 Å². The van der Waals surface area contributed by atoms with Crippen LogP contribution in [0.3, 0.4) is 0 Å². The van der Waals surface area contributed by atoms with E-state index in [9.17, 15) is 23.4 Å². The molecule has 7 heteroatoms. The van der Waals surface area contributed by atoms with E-state index >= 15 is 0 Å². The van der Waals surface area contributed by atoms with Crippen LogP contribution in [0, 0.1) is 0 Å². The average Bonchev–Trinajstić information content (AvgIpc) is 2.83. The van der Waals surface area contributed by atoms with Gasteiger partial charge < -0.3 is 14.9 Å². The molecule has 0 aromatic heterocycles. The van der Waals surface area contributed by atoms with Crippen LogP contribution in [0.1, 0.15) is 30.6 Å². The smallest absolute Gasteiger partial charge is 0.394 e. The van der Waals surface area contributed by atoms with E-state index < -0.39 is 23.4 Å². The van der Waals surface area contributed by atoms with E-state index in [-0.39, 0.29) is 19.3 Å². The number of likely N-dealkylation sites (tertiary alicyclic amines) is 1. The second-order valence-corrected chi connectivity index (χ2v) is 6.26. The van der Waals surface area contributed by atoms with Crippen LogP contribution < -0.4 is 0 Å². The van der Waals surface area contributed by atoms with Gasteiger partial charge in [0.1, 0.15) is 0 Å². The maximum absolute atomic E-state index is 12.6. The molecule has 3 atom stereocenters. The molecule has 2 unspecified atom stereocenters. The number of halogens is 3. The standard InChI is InChI=1S/C16H22F3NO3/c1-15(10-21)7-13(23-2)8-20(15)9-14(22)11-3-5-12(6-4-11)16(17,18)19/h3-6,13-14,21-22H,7-10H2,1-2H3/t13?,14-,15?/m0/s1. The second kappa shape index (κ2) is 6.76. The van der Waals surface area contributed by atoms with Crippen LogP contribution in [-0.2, 0) is 10.9 Å². The second-order valence-electron chi connectivity index (χ2n) is 6.26. The van der Waals surface area contributed by atoms with Gasteiger partial charge in [-0.1, -0.05) is 12.1 Å². The Morgan fingerprint density at radius 2 is 1.96 bits per heavy atom. The predicted octanol–water partition coefficient (Wildman–Crippen LogP) is 2.21. The van der Waals surface area contributed by atoms with Gasteiger partial charge >= 0.3 is 6.18 Å². The molecule has 0 saturated carbocycles. The summed E-state index contributed by atoms with van der Waals surface area (Å²) in [5.74, 6) is 0. The molecule has 4 nitrogen and oxygen atoms in total. The molecule has 130 valence electrons. The predicted molar refractivity (Wildman–Crippen MR) is 78.9 cm³/mol. The van der Waals surface area contributed by atoms with E-state index in [0.717, 1.165) is 12.1 Å². The minimum absolute atomic E-state index is 0.0352. The number of hydrogen-bond acceptors (Lipinski definition) is 4. The molecule has 1 heterocycles. The fourth-order valence-corrected chi connectivity index (χ4v) is 2.98. The number of hydrogen-bond donors (Lipinski definition) is 2. The monoisotopic (exact) mass is 333 g/mol. The normalized spacial score (nSPS) is 27.3. The molecule has 0 aliphatic carbocycles. The molecular formula is C16H22F3NO3. The quantitative estimate of drug-likeness (QED) is 0.867. The van der Waals surface area contributed by atoms with Crippen LogP contribution >= 0.6 is 0 Å². The van der Waals surface area contributed by atoms with Crippen molar-refractivity contribution >= 4 is 0 Å². The van der Waals surface area contributed by atoms with Gasteiger partial charge in [0.25, 0.3) is 0 Å². The van der Waals surface area contributed by atoms with Crippen molar-refractivity contribution < 1.29 is 28.1 Å². The molecule has 1 fully saturated rings. The Labute approximate surface area is 133 Å². The molecule has 0 radical (unpaired) electrons. The molecule has 1 saturated heterocycles.